The van der Waals surface area contributed by atoms with Crippen molar-refractivity contribution in [2.75, 3.05) is 37.2 Å². The minimum absolute atomic E-state index is 0.125. The highest BCUT2D eigenvalue weighted by atomic mass is 32.2. The van der Waals surface area contributed by atoms with Crippen molar-refractivity contribution in [1.29, 1.82) is 0 Å². The van der Waals surface area contributed by atoms with Crippen molar-refractivity contribution in [3.8, 4) is 5.75 Å². The zero-order chi connectivity index (χ0) is 21.4. The summed E-state index contributed by atoms with van der Waals surface area (Å²) in [5, 5.41) is 2.75. The Kier molecular flexibility index (Phi) is 7.70. The molecule has 0 aromatic heterocycles. The van der Waals surface area contributed by atoms with Crippen LogP contribution in [0.5, 0.6) is 5.75 Å². The smallest absolute Gasteiger partial charge is 0.264 e. The number of carbonyl (C=O) groups excluding carboxylic acids is 1. The molecule has 0 saturated heterocycles. The summed E-state index contributed by atoms with van der Waals surface area (Å²) in [6.07, 6.45) is 2.41. The molecule has 0 saturated carbocycles. The zero-order valence-electron chi connectivity index (χ0n) is 17.2. The van der Waals surface area contributed by atoms with Gasteiger partial charge < -0.3 is 14.8 Å². The second-order valence-corrected chi connectivity index (χ2v) is 8.83. The van der Waals surface area contributed by atoms with E-state index in [-0.39, 0.29) is 17.4 Å². The molecule has 8 heteroatoms. The Morgan fingerprint density at radius 1 is 1.13 bits per heavy atom. The summed E-state index contributed by atoms with van der Waals surface area (Å²) in [6.45, 7) is 4.05. The van der Waals surface area contributed by atoms with Gasteiger partial charge in [0, 0.05) is 26.3 Å². The number of nitrogens with one attached hydrogen (secondary N) is 1. The number of fused-ring (bicyclic) bond motifs is 1. The van der Waals surface area contributed by atoms with Crippen molar-refractivity contribution in [3.05, 3.63) is 54.1 Å². The highest BCUT2D eigenvalue weighted by Gasteiger charge is 2.28. The predicted octanol–water partition coefficient (Wildman–Crippen LogP) is 2.75. The summed E-state index contributed by atoms with van der Waals surface area (Å²) in [4.78, 5) is 12.0. The number of rotatable bonds is 10. The maximum atomic E-state index is 13.1. The van der Waals surface area contributed by atoms with E-state index in [1.54, 1.807) is 12.1 Å². The van der Waals surface area contributed by atoms with Gasteiger partial charge in [-0.3, -0.25) is 9.10 Å². The summed E-state index contributed by atoms with van der Waals surface area (Å²) in [7, 11) is -3.66. The highest BCUT2D eigenvalue weighted by Crippen LogP contribution is 2.32. The van der Waals surface area contributed by atoms with Gasteiger partial charge in [0.1, 0.15) is 5.75 Å². The molecule has 1 amide bonds. The minimum atomic E-state index is -3.66. The molecule has 7 nitrogen and oxygen atoms in total. The van der Waals surface area contributed by atoms with Crippen LogP contribution >= 0.6 is 0 Å². The predicted molar refractivity (Wildman–Crippen MR) is 115 cm³/mol. The summed E-state index contributed by atoms with van der Waals surface area (Å²) < 4.78 is 38.4. The molecule has 0 bridgehead atoms. The first kappa shape index (κ1) is 22.1. The summed E-state index contributed by atoms with van der Waals surface area (Å²) >= 11 is 0. The average Bonchev–Trinajstić information content (AvgIpc) is 2.77. The fraction of sp³-hybridized carbons (Fsp3) is 0.409. The van der Waals surface area contributed by atoms with Gasteiger partial charge in [0.05, 0.1) is 10.6 Å². The van der Waals surface area contributed by atoms with Crippen LogP contribution in [-0.4, -0.2) is 47.2 Å². The van der Waals surface area contributed by atoms with E-state index >= 15 is 0 Å². The van der Waals surface area contributed by atoms with E-state index in [2.05, 4.69) is 5.32 Å². The van der Waals surface area contributed by atoms with Gasteiger partial charge in [-0.25, -0.2) is 8.42 Å². The fourth-order valence-electron chi connectivity index (χ4n) is 3.33. The molecule has 3 rings (SSSR count). The van der Waals surface area contributed by atoms with Crippen LogP contribution in [0.25, 0.3) is 0 Å². The Hall–Kier alpha value is -2.58. The van der Waals surface area contributed by atoms with Gasteiger partial charge in [-0.15, -0.1) is 0 Å². The molecule has 1 N–H and O–H groups in total. The molecule has 0 atom stereocenters. The Bertz CT molecular complexity index is 944. The number of sulfonamides is 1. The first-order valence-corrected chi connectivity index (χ1v) is 11.6. The van der Waals surface area contributed by atoms with E-state index in [0.717, 1.165) is 30.5 Å². The Morgan fingerprint density at radius 2 is 1.90 bits per heavy atom. The second kappa shape index (κ2) is 10.4. The van der Waals surface area contributed by atoms with E-state index < -0.39 is 10.0 Å². The largest absolute Gasteiger partial charge is 0.484 e. The SMILES string of the molecule is CCOCCCNC(=O)COc1ccc(S(=O)(=O)N2CCCc3ccccc32)cc1. The average molecular weight is 433 g/mol. The molecule has 30 heavy (non-hydrogen) atoms. The third kappa shape index (κ3) is 5.52. The van der Waals surface area contributed by atoms with Crippen molar-refractivity contribution >= 4 is 21.6 Å². The summed E-state index contributed by atoms with van der Waals surface area (Å²) in [6, 6.07) is 13.8. The van der Waals surface area contributed by atoms with E-state index in [4.69, 9.17) is 9.47 Å². The third-order valence-electron chi connectivity index (χ3n) is 4.84. The van der Waals surface area contributed by atoms with Gasteiger partial charge in [0.15, 0.2) is 6.61 Å². The fourth-order valence-corrected chi connectivity index (χ4v) is 4.87. The molecule has 0 unspecified atom stereocenters. The van der Waals surface area contributed by atoms with Crippen LogP contribution in [0.3, 0.4) is 0 Å². The quantitative estimate of drug-likeness (QED) is 0.584. The molecule has 2 aromatic rings. The molecule has 0 radical (unpaired) electrons. The highest BCUT2D eigenvalue weighted by molar-refractivity contribution is 7.92. The van der Waals surface area contributed by atoms with Crippen molar-refractivity contribution in [1.82, 2.24) is 5.32 Å². The number of aryl methyl sites for hydroxylation is 1. The van der Waals surface area contributed by atoms with Gasteiger partial charge in [-0.05, 0) is 62.1 Å². The van der Waals surface area contributed by atoms with Crippen molar-refractivity contribution in [2.24, 2.45) is 0 Å². The molecule has 0 aliphatic carbocycles. The van der Waals surface area contributed by atoms with Gasteiger partial charge in [0.2, 0.25) is 0 Å². The minimum Gasteiger partial charge on any atom is -0.484 e. The number of para-hydroxylation sites is 1. The Morgan fingerprint density at radius 3 is 2.67 bits per heavy atom. The van der Waals surface area contributed by atoms with Crippen LogP contribution in [0.1, 0.15) is 25.3 Å². The van der Waals surface area contributed by atoms with Crippen molar-refractivity contribution in [3.63, 3.8) is 0 Å². The lowest BCUT2D eigenvalue weighted by molar-refractivity contribution is -0.123. The number of nitrogens with zero attached hydrogens (tertiary/aromatic N) is 1. The molecule has 162 valence electrons. The number of anilines is 1. The second-order valence-electron chi connectivity index (χ2n) is 6.97. The van der Waals surface area contributed by atoms with Crippen LogP contribution < -0.4 is 14.4 Å². The number of carbonyl (C=O) groups is 1. The molecule has 0 fully saturated rings. The molecule has 1 heterocycles. The lowest BCUT2D eigenvalue weighted by Gasteiger charge is -2.30. The molecular weight excluding hydrogens is 404 g/mol. The Balaban J connectivity index is 1.57. The number of amides is 1. The standard InChI is InChI=1S/C22H28N2O5S/c1-2-28-16-6-14-23-22(25)17-29-19-10-12-20(13-11-19)30(26,27)24-15-5-8-18-7-3-4-9-21(18)24/h3-4,7,9-13H,2,5-6,8,14-17H2,1H3,(H,23,25). The Labute approximate surface area is 178 Å². The lowest BCUT2D eigenvalue weighted by atomic mass is 10.0. The number of hydrogen-bond donors (Lipinski definition) is 1. The number of ether oxygens (including phenoxy) is 2. The number of hydrogen-bond acceptors (Lipinski definition) is 5. The summed E-state index contributed by atoms with van der Waals surface area (Å²) in [5.74, 6) is 0.214. The third-order valence-corrected chi connectivity index (χ3v) is 6.67. The molecule has 0 spiro atoms. The first-order chi connectivity index (χ1) is 14.5. The van der Waals surface area contributed by atoms with Gasteiger partial charge in [-0.1, -0.05) is 18.2 Å². The molecule has 1 aliphatic heterocycles. The molecule has 1 aliphatic rings. The summed E-state index contributed by atoms with van der Waals surface area (Å²) in [5.41, 5.74) is 1.78. The van der Waals surface area contributed by atoms with Crippen molar-refractivity contribution in [2.45, 2.75) is 31.1 Å². The number of benzene rings is 2. The van der Waals surface area contributed by atoms with Crippen LogP contribution in [0, 0.1) is 0 Å². The monoisotopic (exact) mass is 432 g/mol. The van der Waals surface area contributed by atoms with Crippen LogP contribution in [0.4, 0.5) is 5.69 Å². The normalized spacial score (nSPS) is 13.6. The van der Waals surface area contributed by atoms with Crippen LogP contribution in [0.2, 0.25) is 0 Å². The van der Waals surface area contributed by atoms with Crippen LogP contribution in [-0.2, 0) is 26.0 Å². The van der Waals surface area contributed by atoms with Gasteiger partial charge in [0.25, 0.3) is 15.9 Å². The lowest BCUT2D eigenvalue weighted by Crippen LogP contribution is -2.35. The molecular formula is C22H28N2O5S. The van der Waals surface area contributed by atoms with Gasteiger partial charge >= 0.3 is 0 Å². The molecule has 2 aromatic carbocycles. The zero-order valence-corrected chi connectivity index (χ0v) is 18.0. The van der Waals surface area contributed by atoms with Crippen LogP contribution in [0.15, 0.2) is 53.4 Å². The topological polar surface area (TPSA) is 84.9 Å². The van der Waals surface area contributed by atoms with Gasteiger partial charge in [-0.2, -0.15) is 0 Å². The van der Waals surface area contributed by atoms with E-state index in [9.17, 15) is 13.2 Å². The van der Waals surface area contributed by atoms with E-state index in [0.29, 0.717) is 32.1 Å². The first-order valence-electron chi connectivity index (χ1n) is 10.2. The van der Waals surface area contributed by atoms with Crippen molar-refractivity contribution < 1.29 is 22.7 Å². The maximum absolute atomic E-state index is 13.1. The maximum Gasteiger partial charge on any atom is 0.264 e. The van der Waals surface area contributed by atoms with E-state index in [1.165, 1.54) is 16.4 Å². The van der Waals surface area contributed by atoms with E-state index in [1.807, 2.05) is 31.2 Å².